The first-order valence-corrected chi connectivity index (χ1v) is 5.23. The third-order valence-electron chi connectivity index (χ3n) is 2.10. The maximum Gasteiger partial charge on any atom is 0.276 e. The van der Waals surface area contributed by atoms with Crippen molar-refractivity contribution < 1.29 is 19.9 Å². The maximum atomic E-state index is 10.7. The van der Waals surface area contributed by atoms with Gasteiger partial charge in [-0.3, -0.25) is 14.9 Å². The zero-order valence-electron chi connectivity index (χ0n) is 8.41. The number of primary amides is 1. The Balaban J connectivity index is 3.21. The Morgan fingerprint density at radius 2 is 2.06 bits per heavy atom. The summed E-state index contributed by atoms with van der Waals surface area (Å²) in [6.07, 6.45) is -3.63. The van der Waals surface area contributed by atoms with Crippen LogP contribution in [0.3, 0.4) is 0 Å². The Morgan fingerprint density at radius 3 is 2.53 bits per heavy atom. The van der Waals surface area contributed by atoms with Crippen molar-refractivity contribution in [3.05, 3.63) is 38.3 Å². The minimum absolute atomic E-state index is 0.176. The van der Waals surface area contributed by atoms with Crippen molar-refractivity contribution in [2.75, 3.05) is 0 Å². The van der Waals surface area contributed by atoms with Gasteiger partial charge in [-0.25, -0.2) is 0 Å². The molecular formula is C9H9BrN2O5. The molecule has 1 amide bonds. The number of aliphatic hydroxyl groups excluding tert-OH is 2. The normalized spacial score (nSPS) is 14.1. The summed E-state index contributed by atoms with van der Waals surface area (Å²) in [5.41, 5.74) is 4.22. The van der Waals surface area contributed by atoms with E-state index in [2.05, 4.69) is 15.9 Å². The number of benzene rings is 1. The summed E-state index contributed by atoms with van der Waals surface area (Å²) in [5, 5.41) is 29.6. The fourth-order valence-corrected chi connectivity index (χ4v) is 1.60. The van der Waals surface area contributed by atoms with Crippen molar-refractivity contribution in [3.8, 4) is 0 Å². The Labute approximate surface area is 104 Å². The van der Waals surface area contributed by atoms with E-state index >= 15 is 0 Å². The summed E-state index contributed by atoms with van der Waals surface area (Å²) in [6.45, 7) is 0. The molecule has 0 heterocycles. The van der Waals surface area contributed by atoms with Gasteiger partial charge in [0.1, 0.15) is 6.10 Å². The predicted molar refractivity (Wildman–Crippen MR) is 61.0 cm³/mol. The SMILES string of the molecule is NC(=O)C(O)C(O)c1ccc(Br)cc1[N+](=O)[O-]. The third kappa shape index (κ3) is 2.99. The highest BCUT2D eigenvalue weighted by Crippen LogP contribution is 2.30. The predicted octanol–water partition coefficient (Wildman–Crippen LogP) is 0.237. The van der Waals surface area contributed by atoms with Crippen LogP contribution in [0.5, 0.6) is 0 Å². The summed E-state index contributed by atoms with van der Waals surface area (Å²) in [4.78, 5) is 20.7. The topological polar surface area (TPSA) is 127 Å². The molecule has 4 N–H and O–H groups in total. The molecule has 7 nitrogen and oxygen atoms in total. The minimum Gasteiger partial charge on any atom is -0.385 e. The molecule has 0 aliphatic heterocycles. The fraction of sp³-hybridized carbons (Fsp3) is 0.222. The first kappa shape index (κ1) is 13.6. The van der Waals surface area contributed by atoms with Gasteiger partial charge in [-0.05, 0) is 12.1 Å². The van der Waals surface area contributed by atoms with Gasteiger partial charge in [-0.2, -0.15) is 0 Å². The Hall–Kier alpha value is -1.51. The quantitative estimate of drug-likeness (QED) is 0.542. The fourth-order valence-electron chi connectivity index (χ4n) is 1.25. The molecule has 1 aromatic carbocycles. The second-order valence-corrected chi connectivity index (χ2v) is 4.17. The molecule has 0 bridgehead atoms. The van der Waals surface area contributed by atoms with Crippen LogP contribution in [0.15, 0.2) is 22.7 Å². The van der Waals surface area contributed by atoms with E-state index in [0.29, 0.717) is 4.47 Å². The van der Waals surface area contributed by atoms with Gasteiger partial charge in [0, 0.05) is 10.5 Å². The van der Waals surface area contributed by atoms with E-state index in [1.807, 2.05) is 0 Å². The number of hydrogen-bond donors (Lipinski definition) is 3. The van der Waals surface area contributed by atoms with Crippen LogP contribution in [0.2, 0.25) is 0 Å². The molecule has 0 saturated carbocycles. The number of hydrogen-bond acceptors (Lipinski definition) is 5. The number of halogens is 1. The molecule has 17 heavy (non-hydrogen) atoms. The van der Waals surface area contributed by atoms with Crippen molar-refractivity contribution in [3.63, 3.8) is 0 Å². The van der Waals surface area contributed by atoms with Crippen molar-refractivity contribution >= 4 is 27.5 Å². The molecule has 0 aliphatic rings. The van der Waals surface area contributed by atoms with E-state index in [1.54, 1.807) is 0 Å². The minimum atomic E-state index is -1.89. The molecule has 8 heteroatoms. The number of nitro groups is 1. The molecule has 0 fully saturated rings. The number of amides is 1. The van der Waals surface area contributed by atoms with Crippen molar-refractivity contribution in [1.29, 1.82) is 0 Å². The lowest BCUT2D eigenvalue weighted by atomic mass is 10.0. The molecule has 0 spiro atoms. The van der Waals surface area contributed by atoms with Crippen LogP contribution >= 0.6 is 15.9 Å². The molecule has 92 valence electrons. The van der Waals surface area contributed by atoms with Crippen LogP contribution in [-0.2, 0) is 4.79 Å². The Bertz CT molecular complexity index is 465. The average molecular weight is 305 g/mol. The largest absolute Gasteiger partial charge is 0.385 e. The van der Waals surface area contributed by atoms with Gasteiger partial charge in [0.25, 0.3) is 5.69 Å². The summed E-state index contributed by atoms with van der Waals surface area (Å²) in [5.74, 6) is -1.16. The summed E-state index contributed by atoms with van der Waals surface area (Å²) >= 11 is 3.04. The lowest BCUT2D eigenvalue weighted by Crippen LogP contribution is -2.34. The maximum absolute atomic E-state index is 10.7. The number of aliphatic hydroxyl groups is 2. The lowest BCUT2D eigenvalue weighted by Gasteiger charge is -2.15. The van der Waals surface area contributed by atoms with E-state index in [9.17, 15) is 25.1 Å². The van der Waals surface area contributed by atoms with Gasteiger partial charge < -0.3 is 15.9 Å². The number of nitro benzene ring substituents is 1. The standard InChI is InChI=1S/C9H9BrN2O5/c10-4-1-2-5(6(3-4)12(16)17)7(13)8(14)9(11)15/h1-3,7-8,13-14H,(H2,11,15). The second kappa shape index (κ2) is 5.21. The Morgan fingerprint density at radius 1 is 1.47 bits per heavy atom. The van der Waals surface area contributed by atoms with Crippen LogP contribution in [-0.4, -0.2) is 27.1 Å². The van der Waals surface area contributed by atoms with Gasteiger partial charge in [0.05, 0.1) is 10.5 Å². The number of nitrogens with zero attached hydrogens (tertiary/aromatic N) is 1. The number of nitrogens with two attached hydrogens (primary N) is 1. The van der Waals surface area contributed by atoms with Crippen LogP contribution in [0.1, 0.15) is 11.7 Å². The van der Waals surface area contributed by atoms with Gasteiger partial charge in [-0.1, -0.05) is 15.9 Å². The van der Waals surface area contributed by atoms with Gasteiger partial charge in [0.2, 0.25) is 5.91 Å². The zero-order chi connectivity index (χ0) is 13.2. The highest BCUT2D eigenvalue weighted by Gasteiger charge is 2.29. The molecule has 1 aromatic rings. The van der Waals surface area contributed by atoms with Gasteiger partial charge in [0.15, 0.2) is 6.10 Å². The molecular weight excluding hydrogens is 296 g/mol. The van der Waals surface area contributed by atoms with E-state index in [1.165, 1.54) is 12.1 Å². The molecule has 2 atom stereocenters. The van der Waals surface area contributed by atoms with Crippen molar-refractivity contribution in [1.82, 2.24) is 0 Å². The molecule has 1 rings (SSSR count). The van der Waals surface area contributed by atoms with Crippen molar-refractivity contribution in [2.24, 2.45) is 5.73 Å². The highest BCUT2D eigenvalue weighted by molar-refractivity contribution is 9.10. The molecule has 0 aliphatic carbocycles. The smallest absolute Gasteiger partial charge is 0.276 e. The molecule has 0 saturated heterocycles. The first-order valence-electron chi connectivity index (χ1n) is 4.44. The lowest BCUT2D eigenvalue weighted by molar-refractivity contribution is -0.386. The monoisotopic (exact) mass is 304 g/mol. The van der Waals surface area contributed by atoms with E-state index < -0.39 is 28.7 Å². The van der Waals surface area contributed by atoms with Gasteiger partial charge in [-0.15, -0.1) is 0 Å². The number of carbonyl (C=O) groups is 1. The van der Waals surface area contributed by atoms with Crippen LogP contribution in [0.25, 0.3) is 0 Å². The number of carbonyl (C=O) groups excluding carboxylic acids is 1. The van der Waals surface area contributed by atoms with Crippen LogP contribution in [0.4, 0.5) is 5.69 Å². The van der Waals surface area contributed by atoms with E-state index in [0.717, 1.165) is 6.07 Å². The third-order valence-corrected chi connectivity index (χ3v) is 2.59. The number of rotatable bonds is 4. The van der Waals surface area contributed by atoms with E-state index in [-0.39, 0.29) is 5.56 Å². The average Bonchev–Trinajstić information content (AvgIpc) is 2.26. The molecule has 2 unspecified atom stereocenters. The summed E-state index contributed by atoms with van der Waals surface area (Å²) < 4.78 is 0.439. The van der Waals surface area contributed by atoms with Gasteiger partial charge >= 0.3 is 0 Å². The zero-order valence-corrected chi connectivity index (χ0v) is 9.99. The van der Waals surface area contributed by atoms with Crippen LogP contribution < -0.4 is 5.73 Å². The van der Waals surface area contributed by atoms with Crippen molar-refractivity contribution in [2.45, 2.75) is 12.2 Å². The highest BCUT2D eigenvalue weighted by atomic mass is 79.9. The molecule has 0 aromatic heterocycles. The van der Waals surface area contributed by atoms with E-state index in [4.69, 9.17) is 5.73 Å². The summed E-state index contributed by atoms with van der Waals surface area (Å²) in [7, 11) is 0. The first-order chi connectivity index (χ1) is 7.84. The van der Waals surface area contributed by atoms with Crippen LogP contribution in [0, 0.1) is 10.1 Å². The Kier molecular flexibility index (Phi) is 4.16. The summed E-state index contributed by atoms with van der Waals surface area (Å²) in [6, 6.07) is 3.84. The molecule has 0 radical (unpaired) electrons. The second-order valence-electron chi connectivity index (χ2n) is 3.25.